The molecule has 2 aliphatic heterocycles. The molecule has 0 unspecified atom stereocenters. The molecule has 0 aliphatic carbocycles. The van der Waals surface area contributed by atoms with E-state index in [1.165, 1.54) is 22.7 Å². The smallest absolute Gasteiger partial charge is 0.242 e. The van der Waals surface area contributed by atoms with Crippen LogP contribution in [0.4, 0.5) is 0 Å². The third-order valence-corrected chi connectivity index (χ3v) is 6.02. The fourth-order valence-corrected chi connectivity index (χ4v) is 4.37. The van der Waals surface area contributed by atoms with Crippen molar-refractivity contribution in [1.29, 1.82) is 0 Å². The number of hydrogen-bond donors (Lipinski definition) is 0. The van der Waals surface area contributed by atoms with Crippen LogP contribution in [-0.2, 0) is 9.59 Å². The Morgan fingerprint density at radius 1 is 1.27 bits per heavy atom. The van der Waals surface area contributed by atoms with Crippen LogP contribution in [0, 0.1) is 6.92 Å². The average Bonchev–Trinajstić information content (AvgIpc) is 2.95. The summed E-state index contributed by atoms with van der Waals surface area (Å²) in [5.74, 6) is -0.0151. The van der Waals surface area contributed by atoms with Crippen LogP contribution in [0.15, 0.2) is 35.4 Å². The summed E-state index contributed by atoms with van der Waals surface area (Å²) in [5, 5.41) is 0.571. The van der Waals surface area contributed by atoms with Crippen LogP contribution < -0.4 is 0 Å². The van der Waals surface area contributed by atoms with Crippen molar-refractivity contribution in [3.63, 3.8) is 0 Å². The van der Waals surface area contributed by atoms with Gasteiger partial charge in [0.25, 0.3) is 0 Å². The molecule has 138 valence electrons. The molecule has 0 N–H and O–H groups in total. The lowest BCUT2D eigenvalue weighted by molar-refractivity contribution is -0.139. The Morgan fingerprint density at radius 3 is 2.77 bits per heavy atom. The molecule has 2 saturated heterocycles. The van der Waals surface area contributed by atoms with Crippen molar-refractivity contribution >= 4 is 29.4 Å². The predicted octanol–water partition coefficient (Wildman–Crippen LogP) is 3.00. The molecule has 2 heterocycles. The number of hydrogen-bond acceptors (Lipinski definition) is 4. The van der Waals surface area contributed by atoms with Crippen molar-refractivity contribution in [3.8, 4) is 0 Å². The van der Waals surface area contributed by atoms with Crippen LogP contribution in [0.25, 0.3) is 0 Å². The topological polar surface area (TPSA) is 57.7 Å². The van der Waals surface area contributed by atoms with Gasteiger partial charge in [-0.1, -0.05) is 36.0 Å². The van der Waals surface area contributed by atoms with Gasteiger partial charge >= 0.3 is 0 Å². The minimum Gasteiger partial charge on any atom is -0.338 e. The minimum absolute atomic E-state index is 0.0169. The minimum atomic E-state index is -0.135. The number of carbonyl (C=O) groups excluding carboxylic acids is 3. The second-order valence-corrected chi connectivity index (χ2v) is 7.86. The summed E-state index contributed by atoms with van der Waals surface area (Å²) in [6.07, 6.45) is 4.64. The Morgan fingerprint density at radius 2 is 2.04 bits per heavy atom. The van der Waals surface area contributed by atoms with Crippen molar-refractivity contribution in [1.82, 2.24) is 9.80 Å². The molecule has 5 nitrogen and oxygen atoms in total. The van der Waals surface area contributed by atoms with Gasteiger partial charge < -0.3 is 4.90 Å². The lowest BCUT2D eigenvalue weighted by atomic mass is 10.0. The number of thioether (sulfide) groups is 1. The second kappa shape index (κ2) is 8.08. The van der Waals surface area contributed by atoms with Gasteiger partial charge in [0.05, 0.1) is 10.8 Å². The highest BCUT2D eigenvalue weighted by Crippen LogP contribution is 2.30. The number of ketones is 1. The quantitative estimate of drug-likeness (QED) is 0.602. The Balaban J connectivity index is 1.75. The highest BCUT2D eigenvalue weighted by Gasteiger charge is 2.32. The maximum absolute atomic E-state index is 12.7. The first-order chi connectivity index (χ1) is 12.5. The lowest BCUT2D eigenvalue weighted by Crippen LogP contribution is -2.47. The van der Waals surface area contributed by atoms with Gasteiger partial charge in [0, 0.05) is 24.2 Å². The van der Waals surface area contributed by atoms with E-state index in [-0.39, 0.29) is 35.9 Å². The monoisotopic (exact) mass is 372 g/mol. The molecule has 2 amide bonds. The van der Waals surface area contributed by atoms with Crippen LogP contribution in [-0.4, -0.2) is 52.3 Å². The van der Waals surface area contributed by atoms with Crippen molar-refractivity contribution in [3.05, 3.63) is 46.5 Å². The van der Waals surface area contributed by atoms with Crippen molar-refractivity contribution < 1.29 is 14.4 Å². The molecule has 2 fully saturated rings. The van der Waals surface area contributed by atoms with Crippen molar-refractivity contribution in [2.75, 3.05) is 18.8 Å². The molecule has 1 aromatic rings. The maximum Gasteiger partial charge on any atom is 0.242 e. The fourth-order valence-electron chi connectivity index (χ4n) is 3.43. The lowest BCUT2D eigenvalue weighted by Gasteiger charge is -2.34. The molecule has 0 spiro atoms. The van der Waals surface area contributed by atoms with Gasteiger partial charge in [0.1, 0.15) is 6.54 Å². The summed E-state index contributed by atoms with van der Waals surface area (Å²) >= 11 is 1.32. The molecule has 0 bridgehead atoms. The molecule has 6 heteroatoms. The van der Waals surface area contributed by atoms with E-state index in [1.54, 1.807) is 6.07 Å². The zero-order valence-electron chi connectivity index (χ0n) is 15.2. The number of carbonyl (C=O) groups is 3. The van der Waals surface area contributed by atoms with Crippen LogP contribution in [0.2, 0.25) is 0 Å². The SMILES string of the molecule is Cc1ccccc1C(=O)/C=C1\SCC(=O)N1CC(=O)N1CCCC[C@H]1C. The van der Waals surface area contributed by atoms with Crippen LogP contribution in [0.1, 0.15) is 42.1 Å². The second-order valence-electron chi connectivity index (χ2n) is 6.86. The van der Waals surface area contributed by atoms with E-state index in [0.717, 1.165) is 31.4 Å². The summed E-state index contributed by atoms with van der Waals surface area (Å²) in [6, 6.07) is 7.59. The van der Waals surface area contributed by atoms with E-state index in [0.29, 0.717) is 10.6 Å². The van der Waals surface area contributed by atoms with Crippen LogP contribution in [0.3, 0.4) is 0 Å². The zero-order valence-corrected chi connectivity index (χ0v) is 16.1. The maximum atomic E-state index is 12.7. The predicted molar refractivity (Wildman–Crippen MR) is 103 cm³/mol. The van der Waals surface area contributed by atoms with Gasteiger partial charge in [0.15, 0.2) is 5.78 Å². The third-order valence-electron chi connectivity index (χ3n) is 4.99. The molecule has 0 aromatic heterocycles. The van der Waals surface area contributed by atoms with E-state index < -0.39 is 0 Å². The molecule has 1 atom stereocenters. The molecule has 2 aliphatic rings. The van der Waals surface area contributed by atoms with Gasteiger partial charge in [-0.05, 0) is 38.7 Å². The van der Waals surface area contributed by atoms with Gasteiger partial charge in [-0.2, -0.15) is 0 Å². The number of amides is 2. The summed E-state index contributed by atoms with van der Waals surface area (Å²) in [5.41, 5.74) is 1.52. The van der Waals surface area contributed by atoms with Crippen LogP contribution in [0.5, 0.6) is 0 Å². The van der Waals surface area contributed by atoms with Crippen molar-refractivity contribution in [2.45, 2.75) is 39.2 Å². The molecule has 0 saturated carbocycles. The van der Waals surface area contributed by atoms with Crippen LogP contribution >= 0.6 is 11.8 Å². The number of piperidine rings is 1. The van der Waals surface area contributed by atoms with E-state index >= 15 is 0 Å². The standard InChI is InChI=1S/C20H24N2O3S/c1-14-7-3-4-9-16(14)17(23)11-20-22(19(25)13-26-20)12-18(24)21-10-6-5-8-15(21)2/h3-4,7,9,11,15H,5-6,8,10,12-13H2,1-2H3/b20-11-/t15-/m1/s1. The summed E-state index contributed by atoms with van der Waals surface area (Å²) in [6.45, 7) is 4.70. The number of rotatable bonds is 4. The summed E-state index contributed by atoms with van der Waals surface area (Å²) in [7, 11) is 0. The molecule has 0 radical (unpaired) electrons. The molecular weight excluding hydrogens is 348 g/mol. The first-order valence-corrected chi connectivity index (χ1v) is 10.00. The zero-order chi connectivity index (χ0) is 18.7. The number of nitrogens with zero attached hydrogens (tertiary/aromatic N) is 2. The first-order valence-electron chi connectivity index (χ1n) is 9.01. The normalized spacial score (nSPS) is 22.2. The Labute approximate surface area is 158 Å². The summed E-state index contributed by atoms with van der Waals surface area (Å²) in [4.78, 5) is 40.8. The Hall–Kier alpha value is -2.08. The Bertz CT molecular complexity index is 759. The first kappa shape index (κ1) is 18.7. The number of aryl methyl sites for hydroxylation is 1. The van der Waals surface area contributed by atoms with Crippen molar-refractivity contribution in [2.24, 2.45) is 0 Å². The fraction of sp³-hybridized carbons (Fsp3) is 0.450. The van der Waals surface area contributed by atoms with E-state index in [1.807, 2.05) is 30.0 Å². The number of benzene rings is 1. The van der Waals surface area contributed by atoms with Gasteiger partial charge in [-0.15, -0.1) is 0 Å². The highest BCUT2D eigenvalue weighted by molar-refractivity contribution is 8.04. The number of likely N-dealkylation sites (tertiary alicyclic amines) is 1. The van der Waals surface area contributed by atoms with Gasteiger partial charge in [0.2, 0.25) is 11.8 Å². The van der Waals surface area contributed by atoms with E-state index in [2.05, 4.69) is 6.92 Å². The molecule has 3 rings (SSSR count). The summed E-state index contributed by atoms with van der Waals surface area (Å²) < 4.78 is 0. The molecule has 26 heavy (non-hydrogen) atoms. The third kappa shape index (κ3) is 4.01. The molecular formula is C20H24N2O3S. The number of allylic oxidation sites excluding steroid dienone is 1. The largest absolute Gasteiger partial charge is 0.338 e. The average molecular weight is 372 g/mol. The molecule has 1 aromatic carbocycles. The Kier molecular flexibility index (Phi) is 5.81. The van der Waals surface area contributed by atoms with Gasteiger partial charge in [-0.25, -0.2) is 0 Å². The van der Waals surface area contributed by atoms with E-state index in [4.69, 9.17) is 0 Å². The van der Waals surface area contributed by atoms with E-state index in [9.17, 15) is 14.4 Å². The highest BCUT2D eigenvalue weighted by atomic mass is 32.2. The van der Waals surface area contributed by atoms with Gasteiger partial charge in [-0.3, -0.25) is 19.3 Å².